The van der Waals surface area contributed by atoms with Crippen LogP contribution in [0.3, 0.4) is 0 Å². The van der Waals surface area contributed by atoms with Gasteiger partial charge in [-0.25, -0.2) is 0 Å². The fraction of sp³-hybridized carbons (Fsp3) is 0.583. The van der Waals surface area contributed by atoms with Gasteiger partial charge in [-0.2, -0.15) is 0 Å². The normalized spacial score (nSPS) is 12.9. The molecule has 0 amide bonds. The minimum absolute atomic E-state index is 0. The lowest BCUT2D eigenvalue weighted by molar-refractivity contribution is 0.548. The predicted molar refractivity (Wildman–Crippen MR) is 538 cm³/mol. The number of hydrogen-bond donors (Lipinski definition) is 0. The van der Waals surface area contributed by atoms with Gasteiger partial charge in [0.25, 0.3) is 0 Å². The molecule has 0 N–H and O–H groups in total. The van der Waals surface area contributed by atoms with Crippen LogP contribution >= 0.6 is 0 Å². The smallest absolute Gasteiger partial charge is 0.0629 e. The van der Waals surface area contributed by atoms with Gasteiger partial charge in [0, 0.05) is 8.22 Å². The highest BCUT2D eigenvalue weighted by Crippen LogP contribution is 2.39. The van der Waals surface area contributed by atoms with Crippen molar-refractivity contribution in [2.24, 2.45) is 11.8 Å². The molecule has 0 nitrogen and oxygen atoms in total. The summed E-state index contributed by atoms with van der Waals surface area (Å²) in [5.41, 5.74) is 31.6. The van der Waals surface area contributed by atoms with E-state index >= 15 is 0 Å². The second-order valence-electron chi connectivity index (χ2n) is 41.0. The Morgan fingerprint density at radius 3 is 0.800 bits per heavy atom. The molecule has 0 unspecified atom stereocenters. The maximum absolute atomic E-state index is 7.91. The first-order chi connectivity index (χ1) is 53.6. The Balaban J connectivity index is -0.000000322. The minimum atomic E-state index is -2.03. The quantitative estimate of drug-likeness (QED) is 0.142. The highest BCUT2D eigenvalue weighted by Gasteiger charge is 2.27. The predicted octanol–water partition coefficient (Wildman–Crippen LogP) is 36.9. The summed E-state index contributed by atoms with van der Waals surface area (Å²) in [5, 5.41) is 0. The van der Waals surface area contributed by atoms with Crippen LogP contribution in [0.2, 0.25) is 0 Å². The van der Waals surface area contributed by atoms with Crippen LogP contribution < -0.4 is 0 Å². The average Bonchev–Trinajstić information content (AvgIpc) is 0.770. The van der Waals surface area contributed by atoms with Gasteiger partial charge in [-0.3, -0.25) is 0 Å². The molecule has 0 fully saturated rings. The Labute approximate surface area is 736 Å². The molecular weight excluding hydrogens is 1380 g/mol. The minimum Gasteiger partial charge on any atom is -0.0776 e. The van der Waals surface area contributed by atoms with Gasteiger partial charge in [0.15, 0.2) is 0 Å². The molecule has 0 aromatic heterocycles. The summed E-state index contributed by atoms with van der Waals surface area (Å²) in [6.07, 6.45) is 4.66. The number of hydrogen-bond acceptors (Lipinski definition) is 0. The Morgan fingerprint density at radius 2 is 0.530 bits per heavy atom. The molecule has 0 bridgehead atoms. The topological polar surface area (TPSA) is 0 Å². The number of rotatable bonds is 8. The zero-order chi connectivity index (χ0) is 93.3. The zero-order valence-electron chi connectivity index (χ0n) is 88.6. The molecule has 8 aromatic rings. The lowest BCUT2D eigenvalue weighted by Gasteiger charge is -2.29. The molecule has 0 aliphatic carbocycles. The molecule has 115 heavy (non-hydrogen) atoms. The first-order valence-corrected chi connectivity index (χ1v) is 41.4. The molecule has 0 aliphatic heterocycles. The molecule has 0 heteroatoms. The van der Waals surface area contributed by atoms with Crippen molar-refractivity contribution in [3.05, 3.63) is 279 Å². The lowest BCUT2D eigenvalue weighted by Crippen LogP contribution is -2.19. The molecule has 0 saturated carbocycles. The Hall–Kier alpha value is -6.24. The molecule has 0 atom stereocenters. The van der Waals surface area contributed by atoms with Crippen LogP contribution in [0.25, 0.3) is 0 Å². The van der Waals surface area contributed by atoms with Crippen molar-refractivity contribution in [3.8, 4) is 0 Å². The van der Waals surface area contributed by atoms with Gasteiger partial charge in [0.2, 0.25) is 0 Å². The zero-order valence-corrected chi connectivity index (χ0v) is 78.6. The third-order valence-electron chi connectivity index (χ3n) is 19.5. The van der Waals surface area contributed by atoms with E-state index in [2.05, 4.69) is 319 Å². The first-order valence-electron chi connectivity index (χ1n) is 46.4. The van der Waals surface area contributed by atoms with Crippen molar-refractivity contribution in [2.75, 3.05) is 0 Å². The van der Waals surface area contributed by atoms with Crippen LogP contribution in [-0.2, 0) is 69.0 Å². The average molecular weight is 1590 g/mol. The fourth-order valence-electron chi connectivity index (χ4n) is 16.3. The molecule has 0 radical (unpaired) electrons. The second kappa shape index (κ2) is 50.6. The van der Waals surface area contributed by atoms with E-state index in [1.807, 2.05) is 74.4 Å². The largest absolute Gasteiger partial charge is 0.0776 e. The van der Waals surface area contributed by atoms with Crippen LogP contribution in [0.4, 0.5) is 0 Å². The van der Waals surface area contributed by atoms with Gasteiger partial charge in [-0.05, 0) is 291 Å². The molecular formula is C115H194. The van der Waals surface area contributed by atoms with Crippen LogP contribution in [0.5, 0.6) is 0 Å². The summed E-state index contributed by atoms with van der Waals surface area (Å²) in [6.45, 7) is 89.9. The first kappa shape index (κ1) is 99.3. The van der Waals surface area contributed by atoms with Crippen molar-refractivity contribution in [3.63, 3.8) is 0 Å². The van der Waals surface area contributed by atoms with Gasteiger partial charge >= 0.3 is 0 Å². The molecule has 0 aliphatic rings. The van der Waals surface area contributed by atoms with Gasteiger partial charge in [0.05, 0.1) is 5.48 Å². The SMILES string of the molecule is C.C.C.C.C.C.CC(C)Cc1cccc(CC(C)C)c1C(C)(C)C.CC(C)c1cccc(C(C)C)c1C(C)(C)C.CCc1cccc(CC)c1C(C)(C)C.Cc1cc(C)c(C(C)(C)C)c(C)c1.Cc1cccc(C)c1C(C)(C)C.[2H]C([2H])([2H])c1cc(C)cc(C)c1C(C)(C)C.[2H]C([2H])([2H])c1cccc(C)c1C(C)(C)C.[2H]c1c([2H])c(C)c([2H])c(C(C)(C)C)c1[2H]. The summed E-state index contributed by atoms with van der Waals surface area (Å²) in [7, 11) is 0. The number of aryl methyl sites for hydroxylation is 12. The second-order valence-corrected chi connectivity index (χ2v) is 41.0. The van der Waals surface area contributed by atoms with E-state index in [1.54, 1.807) is 46.9 Å². The van der Waals surface area contributed by atoms with Crippen LogP contribution in [0, 0.1) is 87.9 Å². The molecule has 8 rings (SSSR count). The van der Waals surface area contributed by atoms with Gasteiger partial charge < -0.3 is 0 Å². The van der Waals surface area contributed by atoms with Gasteiger partial charge in [-0.15, -0.1) is 0 Å². The summed E-state index contributed by atoms with van der Waals surface area (Å²) >= 11 is 0. The van der Waals surface area contributed by atoms with Gasteiger partial charge in [-0.1, -0.05) is 436 Å². The molecule has 0 spiro atoms. The molecule has 654 valence electrons. The standard InChI is InChI=1S/C18H30.C16H26.C14H22.2C13H20.2C12H18.C11H16.6CH4/c1-13(2)11-15-9-8-10-16(12-14(3)4)17(15)18(5,6)7;1-11(2)13-9-8-10-14(12(3)4)15(13)16(5,6)7;1-6-11-9-8-10-12(7-2)13(11)14(3,4)5;2*1-9-7-10(2)12(11(3)8-9)13(4,5)6;2*1-9-7-6-8-10(2)11(9)12(3,4)5;1-9-6-5-7-10(8-9)11(2,3)4;;;;;;/h8-10,13-14H,11-12H2,1-7H3;8-12H,1-7H3;8-10H,6-7H2,1-5H3;2*7-8H,1-6H3;2*6-8H,1-5H3;5-8H,1-4H3;6*1H4/i;;;2D3;;1D3;;5D,6D,7D,8D;;;;;;. The Kier molecular flexibility index (Phi) is 43.7. The van der Waals surface area contributed by atoms with E-state index in [9.17, 15) is 0 Å². The lowest BCUT2D eigenvalue weighted by atomic mass is 9.75. The Morgan fingerprint density at radius 1 is 0.278 bits per heavy atom. The third kappa shape index (κ3) is 39.9. The van der Waals surface area contributed by atoms with E-state index in [0.717, 1.165) is 52.5 Å². The Bertz CT molecular complexity index is 4370. The van der Waals surface area contributed by atoms with Crippen LogP contribution in [-0.4, -0.2) is 0 Å². The fourth-order valence-corrected chi connectivity index (χ4v) is 16.3. The van der Waals surface area contributed by atoms with E-state index in [-0.39, 0.29) is 112 Å². The van der Waals surface area contributed by atoms with E-state index in [1.165, 1.54) is 74.0 Å². The van der Waals surface area contributed by atoms with Gasteiger partial charge in [0.1, 0.15) is 0 Å². The van der Waals surface area contributed by atoms with Crippen LogP contribution in [0.15, 0.2) is 139 Å². The molecule has 8 aromatic carbocycles. The molecule has 0 heterocycles. The highest BCUT2D eigenvalue weighted by atomic mass is 14.3. The van der Waals surface area contributed by atoms with Crippen molar-refractivity contribution in [2.45, 2.75) is 437 Å². The summed E-state index contributed by atoms with van der Waals surface area (Å²) in [5.74, 6) is 2.65. The monoisotopic (exact) mass is 1590 g/mol. The van der Waals surface area contributed by atoms with Crippen LogP contribution in [0.1, 0.15) is 445 Å². The summed E-state index contributed by atoms with van der Waals surface area (Å²) in [6, 6.07) is 40.9. The van der Waals surface area contributed by atoms with Crippen molar-refractivity contribution in [1.82, 2.24) is 0 Å². The third-order valence-corrected chi connectivity index (χ3v) is 19.5. The number of benzene rings is 8. The highest BCUT2D eigenvalue weighted by molar-refractivity contribution is 5.47. The van der Waals surface area contributed by atoms with Crippen molar-refractivity contribution >= 4 is 0 Å². The van der Waals surface area contributed by atoms with E-state index in [0.29, 0.717) is 34.1 Å². The summed E-state index contributed by atoms with van der Waals surface area (Å²) < 4.78 is 76.4. The maximum Gasteiger partial charge on any atom is 0.0629 e. The summed E-state index contributed by atoms with van der Waals surface area (Å²) in [4.78, 5) is 0. The van der Waals surface area contributed by atoms with Crippen molar-refractivity contribution in [1.29, 1.82) is 0 Å². The van der Waals surface area contributed by atoms with E-state index in [4.69, 9.17) is 13.7 Å². The molecule has 0 saturated heterocycles. The van der Waals surface area contributed by atoms with Crippen molar-refractivity contribution < 1.29 is 13.7 Å². The maximum atomic E-state index is 7.91. The van der Waals surface area contributed by atoms with E-state index < -0.39 is 13.7 Å².